The minimum absolute atomic E-state index is 0.0195. The third-order valence-corrected chi connectivity index (χ3v) is 3.00. The minimum Gasteiger partial charge on any atom is -0.387 e. The van der Waals surface area contributed by atoms with Crippen LogP contribution >= 0.6 is 0 Å². The molecule has 0 saturated heterocycles. The van der Waals surface area contributed by atoms with Gasteiger partial charge < -0.3 is 5.73 Å². The maximum Gasteiger partial charge on any atom is 0.0975 e. The van der Waals surface area contributed by atoms with Gasteiger partial charge in [-0.25, -0.2) is 0 Å². The predicted octanol–water partition coefficient (Wildman–Crippen LogP) is 2.97. The van der Waals surface area contributed by atoms with Gasteiger partial charge in [-0.2, -0.15) is 0 Å². The van der Waals surface area contributed by atoms with Crippen molar-refractivity contribution < 1.29 is 0 Å². The van der Waals surface area contributed by atoms with Crippen molar-refractivity contribution in [1.82, 2.24) is 0 Å². The lowest BCUT2D eigenvalue weighted by Gasteiger charge is -2.17. The number of aliphatic imine (C=N–C) groups is 1. The van der Waals surface area contributed by atoms with Crippen molar-refractivity contribution in [2.75, 3.05) is 0 Å². The summed E-state index contributed by atoms with van der Waals surface area (Å²) in [4.78, 5) is 4.55. The highest BCUT2D eigenvalue weighted by molar-refractivity contribution is 5.83. The fraction of sp³-hybridized carbons (Fsp3) is 0.917. The van der Waals surface area contributed by atoms with E-state index in [1.807, 2.05) is 0 Å². The zero-order valence-electron chi connectivity index (χ0n) is 10.0. The minimum atomic E-state index is -0.0195. The van der Waals surface area contributed by atoms with Crippen LogP contribution in [-0.4, -0.2) is 11.4 Å². The summed E-state index contributed by atoms with van der Waals surface area (Å²) in [7, 11) is 0. The van der Waals surface area contributed by atoms with Crippen LogP contribution in [0.15, 0.2) is 4.99 Å². The molecule has 0 aromatic heterocycles. The van der Waals surface area contributed by atoms with E-state index in [0.29, 0.717) is 5.92 Å². The fourth-order valence-corrected chi connectivity index (χ4v) is 2.19. The first-order valence-corrected chi connectivity index (χ1v) is 5.77. The van der Waals surface area contributed by atoms with E-state index in [9.17, 15) is 0 Å². The van der Waals surface area contributed by atoms with Gasteiger partial charge in [0.2, 0.25) is 0 Å². The number of hydrogen-bond acceptors (Lipinski definition) is 1. The molecule has 2 unspecified atom stereocenters. The average Bonchev–Trinajstić information content (AvgIpc) is 2.48. The molecular weight excluding hydrogens is 172 g/mol. The lowest BCUT2D eigenvalue weighted by atomic mass is 10.0. The Balaban J connectivity index is 2.55. The molecule has 1 aliphatic rings. The Hall–Kier alpha value is -0.530. The third-order valence-electron chi connectivity index (χ3n) is 3.00. The number of amidine groups is 1. The van der Waals surface area contributed by atoms with Crippen LogP contribution in [0.2, 0.25) is 0 Å². The molecule has 2 nitrogen and oxygen atoms in total. The fourth-order valence-electron chi connectivity index (χ4n) is 2.19. The van der Waals surface area contributed by atoms with E-state index in [1.54, 1.807) is 0 Å². The van der Waals surface area contributed by atoms with Crippen molar-refractivity contribution in [3.05, 3.63) is 0 Å². The molecule has 0 radical (unpaired) electrons. The van der Waals surface area contributed by atoms with Crippen molar-refractivity contribution in [3.8, 4) is 0 Å². The Morgan fingerprint density at radius 3 is 2.43 bits per heavy atom. The molecule has 1 aliphatic carbocycles. The van der Waals surface area contributed by atoms with Crippen molar-refractivity contribution in [3.63, 3.8) is 0 Å². The maximum atomic E-state index is 6.03. The summed E-state index contributed by atoms with van der Waals surface area (Å²) in [5.41, 5.74) is 6.01. The second kappa shape index (κ2) is 4.33. The maximum absolute atomic E-state index is 6.03. The smallest absolute Gasteiger partial charge is 0.0975 e. The summed E-state index contributed by atoms with van der Waals surface area (Å²) in [5, 5.41) is 0. The molecule has 2 atom stereocenters. The Bertz CT molecular complexity index is 213. The normalized spacial score (nSPS) is 29.6. The average molecular weight is 196 g/mol. The molecule has 0 aromatic rings. The molecule has 14 heavy (non-hydrogen) atoms. The van der Waals surface area contributed by atoms with E-state index in [1.165, 1.54) is 25.7 Å². The number of hydrogen-bond donors (Lipinski definition) is 1. The molecular formula is C12H24N2. The second-order valence-electron chi connectivity index (χ2n) is 5.49. The summed E-state index contributed by atoms with van der Waals surface area (Å²) < 4.78 is 0. The van der Waals surface area contributed by atoms with Crippen LogP contribution in [0.5, 0.6) is 0 Å². The van der Waals surface area contributed by atoms with Crippen molar-refractivity contribution in [2.45, 2.75) is 58.9 Å². The topological polar surface area (TPSA) is 38.4 Å². The van der Waals surface area contributed by atoms with E-state index in [4.69, 9.17) is 5.73 Å². The van der Waals surface area contributed by atoms with Crippen molar-refractivity contribution >= 4 is 5.84 Å². The van der Waals surface area contributed by atoms with Gasteiger partial charge in [0.05, 0.1) is 11.4 Å². The molecule has 0 spiro atoms. The van der Waals surface area contributed by atoms with E-state index in [2.05, 4.69) is 32.7 Å². The van der Waals surface area contributed by atoms with Gasteiger partial charge in [-0.15, -0.1) is 0 Å². The van der Waals surface area contributed by atoms with E-state index >= 15 is 0 Å². The zero-order valence-corrected chi connectivity index (χ0v) is 10.0. The first-order chi connectivity index (χ1) is 6.42. The standard InChI is InChI=1S/C12H24N2/c1-5-9-6-7-10(8-9)11(13)14-12(2,3)4/h9-10H,5-8H2,1-4H3,(H2,13,14). The highest BCUT2D eigenvalue weighted by Gasteiger charge is 2.26. The Morgan fingerprint density at radius 2 is 2.00 bits per heavy atom. The van der Waals surface area contributed by atoms with Gasteiger partial charge in [-0.05, 0) is 46.0 Å². The molecule has 1 rings (SSSR count). The summed E-state index contributed by atoms with van der Waals surface area (Å²) in [6, 6.07) is 0. The van der Waals surface area contributed by atoms with E-state index in [-0.39, 0.29) is 5.54 Å². The molecule has 0 aliphatic heterocycles. The Labute approximate surface area is 88.0 Å². The van der Waals surface area contributed by atoms with E-state index in [0.717, 1.165) is 11.8 Å². The third kappa shape index (κ3) is 3.32. The quantitative estimate of drug-likeness (QED) is 0.535. The van der Waals surface area contributed by atoms with Crippen LogP contribution in [0, 0.1) is 11.8 Å². The Morgan fingerprint density at radius 1 is 1.36 bits per heavy atom. The molecule has 82 valence electrons. The van der Waals surface area contributed by atoms with E-state index < -0.39 is 0 Å². The van der Waals surface area contributed by atoms with Gasteiger partial charge in [0.15, 0.2) is 0 Å². The summed E-state index contributed by atoms with van der Waals surface area (Å²) in [6.07, 6.45) is 5.12. The number of nitrogens with two attached hydrogens (primary N) is 1. The monoisotopic (exact) mass is 196 g/mol. The van der Waals surface area contributed by atoms with Gasteiger partial charge in [0.1, 0.15) is 0 Å². The van der Waals surface area contributed by atoms with Gasteiger partial charge in [0.25, 0.3) is 0 Å². The molecule has 2 N–H and O–H groups in total. The molecule has 0 amide bonds. The summed E-state index contributed by atoms with van der Waals surface area (Å²) in [5.74, 6) is 2.32. The molecule has 2 heteroatoms. The molecule has 1 fully saturated rings. The zero-order chi connectivity index (χ0) is 10.8. The van der Waals surface area contributed by atoms with Gasteiger partial charge in [-0.3, -0.25) is 4.99 Å². The molecule has 0 bridgehead atoms. The second-order valence-corrected chi connectivity index (χ2v) is 5.49. The van der Waals surface area contributed by atoms with Crippen LogP contribution in [0.25, 0.3) is 0 Å². The van der Waals surface area contributed by atoms with Crippen LogP contribution in [0.3, 0.4) is 0 Å². The molecule has 0 aromatic carbocycles. The summed E-state index contributed by atoms with van der Waals surface area (Å²) >= 11 is 0. The van der Waals surface area contributed by atoms with Crippen molar-refractivity contribution in [2.24, 2.45) is 22.6 Å². The van der Waals surface area contributed by atoms with Crippen molar-refractivity contribution in [1.29, 1.82) is 0 Å². The lowest BCUT2D eigenvalue weighted by molar-refractivity contribution is 0.516. The van der Waals surface area contributed by atoms with Gasteiger partial charge in [0, 0.05) is 5.92 Å². The SMILES string of the molecule is CCC1CCC(C(N)=NC(C)(C)C)C1. The van der Waals surface area contributed by atoms with Gasteiger partial charge in [-0.1, -0.05) is 13.3 Å². The van der Waals surface area contributed by atoms with Crippen LogP contribution in [-0.2, 0) is 0 Å². The first kappa shape index (κ1) is 11.5. The number of rotatable bonds is 2. The number of nitrogens with zero attached hydrogens (tertiary/aromatic N) is 1. The molecule has 0 heterocycles. The van der Waals surface area contributed by atoms with Crippen LogP contribution < -0.4 is 5.73 Å². The molecule has 1 saturated carbocycles. The van der Waals surface area contributed by atoms with Crippen LogP contribution in [0.1, 0.15) is 53.4 Å². The first-order valence-electron chi connectivity index (χ1n) is 5.77. The Kier molecular flexibility index (Phi) is 3.57. The highest BCUT2D eigenvalue weighted by atomic mass is 14.9. The summed E-state index contributed by atoms with van der Waals surface area (Å²) in [6.45, 7) is 8.58. The largest absolute Gasteiger partial charge is 0.387 e. The van der Waals surface area contributed by atoms with Crippen LogP contribution in [0.4, 0.5) is 0 Å². The lowest BCUT2D eigenvalue weighted by Crippen LogP contribution is -2.26. The highest BCUT2D eigenvalue weighted by Crippen LogP contribution is 2.33. The van der Waals surface area contributed by atoms with Gasteiger partial charge >= 0.3 is 0 Å². The predicted molar refractivity (Wildman–Crippen MR) is 62.5 cm³/mol.